The Labute approximate surface area is 153 Å². The molecular weight excluding hydrogens is 332 g/mol. The second kappa shape index (κ2) is 7.63. The zero-order valence-corrected chi connectivity index (χ0v) is 15.2. The van der Waals surface area contributed by atoms with E-state index in [0.717, 1.165) is 55.5 Å². The van der Waals surface area contributed by atoms with Gasteiger partial charge in [-0.1, -0.05) is 0 Å². The zero-order valence-electron chi connectivity index (χ0n) is 15.2. The summed E-state index contributed by atoms with van der Waals surface area (Å²) in [6, 6.07) is 4.26. The molecule has 7 heteroatoms. The van der Waals surface area contributed by atoms with Crippen molar-refractivity contribution < 1.29 is 14.2 Å². The van der Waals surface area contributed by atoms with Crippen molar-refractivity contribution in [2.75, 3.05) is 38.3 Å². The Morgan fingerprint density at radius 3 is 2.65 bits per heavy atom. The summed E-state index contributed by atoms with van der Waals surface area (Å²) < 4.78 is 17.1. The monoisotopic (exact) mass is 358 g/mol. The van der Waals surface area contributed by atoms with Gasteiger partial charge in [0.15, 0.2) is 0 Å². The first-order chi connectivity index (χ1) is 12.7. The lowest BCUT2D eigenvalue weighted by atomic mass is 9.94. The Bertz CT molecular complexity index is 756. The molecule has 1 aliphatic heterocycles. The van der Waals surface area contributed by atoms with Gasteiger partial charge in [0.2, 0.25) is 5.88 Å². The molecule has 2 aliphatic rings. The Balaban J connectivity index is 1.68. The molecule has 3 heterocycles. The molecule has 1 aliphatic carbocycles. The van der Waals surface area contributed by atoms with Gasteiger partial charge in [0, 0.05) is 25.2 Å². The molecule has 4 rings (SSSR count). The Morgan fingerprint density at radius 1 is 1.15 bits per heavy atom. The van der Waals surface area contributed by atoms with E-state index in [-0.39, 0.29) is 6.10 Å². The van der Waals surface area contributed by atoms with Crippen LogP contribution < -0.4 is 20.1 Å². The number of ether oxygens (including phenoxy) is 3. The molecule has 26 heavy (non-hydrogen) atoms. The van der Waals surface area contributed by atoms with Crippen molar-refractivity contribution in [1.29, 1.82) is 0 Å². The summed E-state index contributed by atoms with van der Waals surface area (Å²) in [7, 11) is 1.64. The SMILES string of the molecule is COc1cnc2cc(N3CCOCC3)nc(O[C@H]3CC[C@@H](N)CC3)c2c1. The number of hydrogen-bond donors (Lipinski definition) is 1. The fourth-order valence-corrected chi connectivity index (χ4v) is 3.58. The van der Waals surface area contributed by atoms with Crippen LogP contribution in [0.2, 0.25) is 0 Å². The predicted octanol–water partition coefficient (Wildman–Crippen LogP) is 2.12. The minimum Gasteiger partial charge on any atom is -0.495 e. The number of rotatable bonds is 4. The highest BCUT2D eigenvalue weighted by atomic mass is 16.5. The largest absolute Gasteiger partial charge is 0.495 e. The summed E-state index contributed by atoms with van der Waals surface area (Å²) >= 11 is 0. The van der Waals surface area contributed by atoms with Gasteiger partial charge < -0.3 is 24.8 Å². The molecule has 0 amide bonds. The summed E-state index contributed by atoms with van der Waals surface area (Å²) in [5.41, 5.74) is 6.89. The van der Waals surface area contributed by atoms with Crippen molar-refractivity contribution in [1.82, 2.24) is 9.97 Å². The number of hydrogen-bond acceptors (Lipinski definition) is 7. The van der Waals surface area contributed by atoms with Gasteiger partial charge in [-0.05, 0) is 31.7 Å². The Kier molecular flexibility index (Phi) is 5.08. The van der Waals surface area contributed by atoms with Gasteiger partial charge in [0.1, 0.15) is 17.7 Å². The van der Waals surface area contributed by atoms with Crippen LogP contribution in [0.15, 0.2) is 18.3 Å². The lowest BCUT2D eigenvalue weighted by Crippen LogP contribution is -2.37. The molecule has 7 nitrogen and oxygen atoms in total. The van der Waals surface area contributed by atoms with E-state index >= 15 is 0 Å². The molecule has 0 unspecified atom stereocenters. The van der Waals surface area contributed by atoms with Gasteiger partial charge in [0.05, 0.1) is 37.4 Å². The van der Waals surface area contributed by atoms with E-state index in [1.165, 1.54) is 0 Å². The highest BCUT2D eigenvalue weighted by molar-refractivity contribution is 5.87. The van der Waals surface area contributed by atoms with E-state index in [1.807, 2.05) is 12.1 Å². The quantitative estimate of drug-likeness (QED) is 0.896. The van der Waals surface area contributed by atoms with Gasteiger partial charge in [-0.3, -0.25) is 4.98 Å². The summed E-state index contributed by atoms with van der Waals surface area (Å²) in [5.74, 6) is 2.23. The first-order valence-electron chi connectivity index (χ1n) is 9.32. The number of nitrogens with zero attached hydrogens (tertiary/aromatic N) is 3. The maximum Gasteiger partial charge on any atom is 0.225 e. The Morgan fingerprint density at radius 2 is 1.92 bits per heavy atom. The minimum atomic E-state index is 0.150. The number of fused-ring (bicyclic) bond motifs is 1. The normalized spacial score (nSPS) is 23.8. The van der Waals surface area contributed by atoms with E-state index in [9.17, 15) is 0 Å². The summed E-state index contributed by atoms with van der Waals surface area (Å²) in [6.45, 7) is 3.08. The zero-order chi connectivity index (χ0) is 17.9. The number of anilines is 1. The summed E-state index contributed by atoms with van der Waals surface area (Å²) in [4.78, 5) is 11.6. The van der Waals surface area contributed by atoms with Gasteiger partial charge >= 0.3 is 0 Å². The number of aromatic nitrogens is 2. The van der Waals surface area contributed by atoms with Gasteiger partial charge in [-0.15, -0.1) is 0 Å². The second-order valence-electron chi connectivity index (χ2n) is 6.98. The summed E-state index contributed by atoms with van der Waals surface area (Å²) in [5, 5.41) is 0.885. The van der Waals surface area contributed by atoms with Crippen LogP contribution in [-0.2, 0) is 4.74 Å². The van der Waals surface area contributed by atoms with E-state index in [1.54, 1.807) is 13.3 Å². The van der Waals surface area contributed by atoms with Crippen molar-refractivity contribution in [3.63, 3.8) is 0 Å². The van der Waals surface area contributed by atoms with Crippen LogP contribution in [0.25, 0.3) is 10.9 Å². The van der Waals surface area contributed by atoms with Crippen LogP contribution in [0.5, 0.6) is 11.6 Å². The molecule has 0 spiro atoms. The van der Waals surface area contributed by atoms with Crippen LogP contribution in [0.1, 0.15) is 25.7 Å². The molecule has 2 N–H and O–H groups in total. The lowest BCUT2D eigenvalue weighted by molar-refractivity contribution is 0.122. The molecule has 2 fully saturated rings. The van der Waals surface area contributed by atoms with E-state index in [4.69, 9.17) is 24.9 Å². The molecule has 2 aromatic rings. The van der Waals surface area contributed by atoms with Gasteiger partial charge in [0.25, 0.3) is 0 Å². The topological polar surface area (TPSA) is 82.7 Å². The molecule has 1 saturated heterocycles. The van der Waals surface area contributed by atoms with Crippen LogP contribution in [0, 0.1) is 0 Å². The fraction of sp³-hybridized carbons (Fsp3) is 0.579. The molecule has 0 radical (unpaired) electrons. The summed E-state index contributed by atoms with van der Waals surface area (Å²) in [6.07, 6.45) is 5.79. The van der Waals surface area contributed by atoms with E-state index in [0.29, 0.717) is 30.9 Å². The third-order valence-corrected chi connectivity index (χ3v) is 5.17. The third kappa shape index (κ3) is 3.68. The maximum atomic E-state index is 6.33. The number of pyridine rings is 2. The average Bonchev–Trinajstić information content (AvgIpc) is 2.70. The molecule has 2 aromatic heterocycles. The van der Waals surface area contributed by atoms with Crippen LogP contribution in [0.4, 0.5) is 5.82 Å². The van der Waals surface area contributed by atoms with E-state index < -0.39 is 0 Å². The average molecular weight is 358 g/mol. The van der Waals surface area contributed by atoms with E-state index in [2.05, 4.69) is 9.88 Å². The molecule has 0 bridgehead atoms. The molecule has 0 atom stereocenters. The number of nitrogens with two attached hydrogens (primary N) is 1. The highest BCUT2D eigenvalue weighted by Crippen LogP contribution is 2.32. The van der Waals surface area contributed by atoms with Crippen molar-refractivity contribution in [3.8, 4) is 11.6 Å². The maximum absolute atomic E-state index is 6.33. The van der Waals surface area contributed by atoms with Crippen molar-refractivity contribution in [2.45, 2.75) is 37.8 Å². The van der Waals surface area contributed by atoms with Crippen LogP contribution in [0.3, 0.4) is 0 Å². The number of methoxy groups -OCH3 is 1. The first-order valence-corrected chi connectivity index (χ1v) is 9.32. The molecule has 140 valence electrons. The van der Waals surface area contributed by atoms with Gasteiger partial charge in [-0.25, -0.2) is 0 Å². The minimum absolute atomic E-state index is 0.150. The van der Waals surface area contributed by atoms with Crippen molar-refractivity contribution in [2.24, 2.45) is 5.73 Å². The van der Waals surface area contributed by atoms with Crippen LogP contribution >= 0.6 is 0 Å². The standard InChI is InChI=1S/C19H26N4O3/c1-24-15-10-16-17(21-12-15)11-18(23-6-8-25-9-7-23)22-19(16)26-14-4-2-13(20)3-5-14/h10-14H,2-9,20H2,1H3/t13-,14+. The molecular formula is C19H26N4O3. The molecule has 0 aromatic carbocycles. The number of morpholine rings is 1. The van der Waals surface area contributed by atoms with Crippen molar-refractivity contribution in [3.05, 3.63) is 18.3 Å². The first kappa shape index (κ1) is 17.3. The van der Waals surface area contributed by atoms with Crippen LogP contribution in [-0.4, -0.2) is 55.5 Å². The fourth-order valence-electron chi connectivity index (χ4n) is 3.58. The Hall–Kier alpha value is -2.12. The smallest absolute Gasteiger partial charge is 0.225 e. The van der Waals surface area contributed by atoms with Gasteiger partial charge in [-0.2, -0.15) is 4.98 Å². The highest BCUT2D eigenvalue weighted by Gasteiger charge is 2.23. The predicted molar refractivity (Wildman–Crippen MR) is 100.0 cm³/mol. The lowest BCUT2D eigenvalue weighted by Gasteiger charge is -2.30. The molecule has 1 saturated carbocycles. The van der Waals surface area contributed by atoms with Crippen molar-refractivity contribution >= 4 is 16.7 Å². The second-order valence-corrected chi connectivity index (χ2v) is 6.98. The third-order valence-electron chi connectivity index (χ3n) is 5.17.